The molecule has 0 fully saturated rings. The maximum absolute atomic E-state index is 11.9. The van der Waals surface area contributed by atoms with Gasteiger partial charge in [-0.2, -0.15) is 0 Å². The van der Waals surface area contributed by atoms with Crippen LogP contribution in [0.5, 0.6) is 11.5 Å². The summed E-state index contributed by atoms with van der Waals surface area (Å²) in [7, 11) is -3.41. The minimum absolute atomic E-state index is 0.0379. The number of hydrogen-bond acceptors (Lipinski definition) is 5. The van der Waals surface area contributed by atoms with Gasteiger partial charge >= 0.3 is 0 Å². The van der Waals surface area contributed by atoms with E-state index in [1.165, 1.54) is 0 Å². The Labute approximate surface area is 112 Å². The summed E-state index contributed by atoms with van der Waals surface area (Å²) in [6, 6.07) is 3.13. The summed E-state index contributed by atoms with van der Waals surface area (Å²) in [5.74, 6) is 1.12. The van der Waals surface area contributed by atoms with Crippen molar-refractivity contribution in [2.24, 2.45) is 5.92 Å². The molecule has 1 aliphatic rings. The van der Waals surface area contributed by atoms with Gasteiger partial charge in [0.1, 0.15) is 13.2 Å². The van der Waals surface area contributed by atoms with Crippen molar-refractivity contribution < 1.29 is 17.9 Å². The monoisotopic (exact) mass is 286 g/mol. The second-order valence-corrected chi connectivity index (χ2v) is 6.63. The standard InChI is InChI=1S/C12H18N2O4S/c1-8(2)7-19(15,16)14-10-6-12-11(5-9(10)13)17-3-4-18-12/h5-6,8,14H,3-4,7,13H2,1-2H3. The van der Waals surface area contributed by atoms with Gasteiger partial charge in [0.15, 0.2) is 11.5 Å². The van der Waals surface area contributed by atoms with Crippen LogP contribution < -0.4 is 19.9 Å². The van der Waals surface area contributed by atoms with Crippen LogP contribution in [0.25, 0.3) is 0 Å². The summed E-state index contributed by atoms with van der Waals surface area (Å²) in [6.07, 6.45) is 0. The third-order valence-corrected chi connectivity index (χ3v) is 4.17. The SMILES string of the molecule is CC(C)CS(=O)(=O)Nc1cc2c(cc1N)OCCO2. The van der Waals surface area contributed by atoms with E-state index in [1.807, 2.05) is 13.8 Å². The van der Waals surface area contributed by atoms with Gasteiger partial charge < -0.3 is 15.2 Å². The lowest BCUT2D eigenvalue weighted by Gasteiger charge is -2.20. The Morgan fingerprint density at radius 1 is 1.26 bits per heavy atom. The molecule has 1 aliphatic heterocycles. The third-order valence-electron chi connectivity index (χ3n) is 2.53. The summed E-state index contributed by atoms with van der Waals surface area (Å²) >= 11 is 0. The number of benzene rings is 1. The molecule has 0 spiro atoms. The van der Waals surface area contributed by atoms with Crippen molar-refractivity contribution >= 4 is 21.4 Å². The zero-order valence-electron chi connectivity index (χ0n) is 11.0. The van der Waals surface area contributed by atoms with E-state index in [2.05, 4.69) is 4.72 Å². The first-order valence-electron chi connectivity index (χ1n) is 6.07. The zero-order valence-corrected chi connectivity index (χ0v) is 11.8. The Balaban J connectivity index is 2.26. The number of ether oxygens (including phenoxy) is 2. The van der Waals surface area contributed by atoms with Crippen molar-refractivity contribution in [1.82, 2.24) is 0 Å². The summed E-state index contributed by atoms with van der Waals surface area (Å²) in [5.41, 5.74) is 6.46. The van der Waals surface area contributed by atoms with Crippen LogP contribution in [0.15, 0.2) is 12.1 Å². The van der Waals surface area contributed by atoms with Crippen molar-refractivity contribution in [1.29, 1.82) is 0 Å². The van der Waals surface area contributed by atoms with Gasteiger partial charge in [0.05, 0.1) is 17.1 Å². The molecule has 0 bridgehead atoms. The van der Waals surface area contributed by atoms with Gasteiger partial charge in [0.2, 0.25) is 10.0 Å². The first-order chi connectivity index (χ1) is 8.87. The van der Waals surface area contributed by atoms with Crippen molar-refractivity contribution in [3.63, 3.8) is 0 Å². The van der Waals surface area contributed by atoms with Crippen LogP contribution in [-0.2, 0) is 10.0 Å². The second kappa shape index (κ2) is 5.16. The van der Waals surface area contributed by atoms with Gasteiger partial charge in [0.25, 0.3) is 0 Å². The maximum atomic E-state index is 11.9. The molecule has 0 amide bonds. The minimum Gasteiger partial charge on any atom is -0.486 e. The first-order valence-corrected chi connectivity index (χ1v) is 7.72. The predicted molar refractivity (Wildman–Crippen MR) is 74.1 cm³/mol. The van der Waals surface area contributed by atoms with E-state index < -0.39 is 10.0 Å². The minimum atomic E-state index is -3.41. The quantitative estimate of drug-likeness (QED) is 0.817. The van der Waals surface area contributed by atoms with E-state index in [1.54, 1.807) is 12.1 Å². The molecule has 0 saturated carbocycles. The largest absolute Gasteiger partial charge is 0.486 e. The average molecular weight is 286 g/mol. The first kappa shape index (κ1) is 13.8. The molecule has 6 nitrogen and oxygen atoms in total. The lowest BCUT2D eigenvalue weighted by atomic mass is 10.2. The van der Waals surface area contributed by atoms with Crippen LogP contribution in [0, 0.1) is 5.92 Å². The second-order valence-electron chi connectivity index (χ2n) is 4.86. The van der Waals surface area contributed by atoms with Gasteiger partial charge in [0, 0.05) is 12.1 Å². The van der Waals surface area contributed by atoms with Crippen LogP contribution in [-0.4, -0.2) is 27.4 Å². The fourth-order valence-electron chi connectivity index (χ4n) is 1.84. The Hall–Kier alpha value is -1.63. The van der Waals surface area contributed by atoms with Gasteiger partial charge in [-0.1, -0.05) is 13.8 Å². The average Bonchev–Trinajstić information content (AvgIpc) is 2.27. The van der Waals surface area contributed by atoms with E-state index in [0.717, 1.165) is 0 Å². The van der Waals surface area contributed by atoms with E-state index >= 15 is 0 Å². The van der Waals surface area contributed by atoms with Crippen molar-refractivity contribution in [3.05, 3.63) is 12.1 Å². The Morgan fingerprint density at radius 2 is 1.84 bits per heavy atom. The molecule has 0 radical (unpaired) electrons. The Morgan fingerprint density at radius 3 is 2.42 bits per heavy atom. The van der Waals surface area contributed by atoms with E-state index in [9.17, 15) is 8.42 Å². The molecule has 106 valence electrons. The molecule has 3 N–H and O–H groups in total. The highest BCUT2D eigenvalue weighted by molar-refractivity contribution is 7.92. The molecular formula is C12H18N2O4S. The van der Waals surface area contributed by atoms with Crippen LogP contribution in [0.1, 0.15) is 13.8 Å². The highest BCUT2D eigenvalue weighted by atomic mass is 32.2. The molecule has 2 rings (SSSR count). The van der Waals surface area contributed by atoms with Gasteiger partial charge in [-0.15, -0.1) is 0 Å². The van der Waals surface area contributed by atoms with Crippen molar-refractivity contribution in [2.45, 2.75) is 13.8 Å². The Kier molecular flexibility index (Phi) is 3.75. The molecule has 0 saturated heterocycles. The van der Waals surface area contributed by atoms with Crippen LogP contribution >= 0.6 is 0 Å². The summed E-state index contributed by atoms with van der Waals surface area (Å²) < 4.78 is 37.0. The Bertz CT molecular complexity index is 569. The topological polar surface area (TPSA) is 90.7 Å². The zero-order chi connectivity index (χ0) is 14.0. The highest BCUT2D eigenvalue weighted by Crippen LogP contribution is 2.37. The summed E-state index contributed by atoms with van der Waals surface area (Å²) in [6.45, 7) is 4.58. The number of sulfonamides is 1. The lowest BCUT2D eigenvalue weighted by molar-refractivity contribution is 0.172. The summed E-state index contributed by atoms with van der Waals surface area (Å²) in [5, 5.41) is 0. The molecule has 7 heteroatoms. The molecular weight excluding hydrogens is 268 g/mol. The van der Waals surface area contributed by atoms with Gasteiger partial charge in [-0.05, 0) is 5.92 Å². The number of anilines is 2. The van der Waals surface area contributed by atoms with Crippen molar-refractivity contribution in [2.75, 3.05) is 29.4 Å². The van der Waals surface area contributed by atoms with Gasteiger partial charge in [-0.25, -0.2) is 8.42 Å². The van der Waals surface area contributed by atoms with Crippen LogP contribution in [0.2, 0.25) is 0 Å². The molecule has 19 heavy (non-hydrogen) atoms. The summed E-state index contributed by atoms with van der Waals surface area (Å²) in [4.78, 5) is 0. The number of fused-ring (bicyclic) bond motifs is 1. The molecule has 0 aliphatic carbocycles. The number of nitrogens with one attached hydrogen (secondary N) is 1. The number of nitrogens with two attached hydrogens (primary N) is 1. The van der Waals surface area contributed by atoms with Crippen LogP contribution in [0.3, 0.4) is 0 Å². The van der Waals surface area contributed by atoms with E-state index in [0.29, 0.717) is 36.1 Å². The molecule has 0 unspecified atom stereocenters. The van der Waals surface area contributed by atoms with Gasteiger partial charge in [-0.3, -0.25) is 4.72 Å². The maximum Gasteiger partial charge on any atom is 0.233 e. The van der Waals surface area contributed by atoms with E-state index in [4.69, 9.17) is 15.2 Å². The normalized spacial score (nSPS) is 14.5. The third kappa shape index (κ3) is 3.44. The van der Waals surface area contributed by atoms with Crippen molar-refractivity contribution in [3.8, 4) is 11.5 Å². The molecule has 1 aromatic rings. The smallest absolute Gasteiger partial charge is 0.233 e. The molecule has 1 heterocycles. The molecule has 1 aromatic carbocycles. The van der Waals surface area contributed by atoms with E-state index in [-0.39, 0.29) is 11.7 Å². The molecule has 0 aromatic heterocycles. The highest BCUT2D eigenvalue weighted by Gasteiger charge is 2.18. The van der Waals surface area contributed by atoms with Crippen LogP contribution in [0.4, 0.5) is 11.4 Å². The molecule has 0 atom stereocenters. The number of nitrogen functional groups attached to an aromatic ring is 1. The fourth-order valence-corrected chi connectivity index (χ4v) is 3.31. The lowest BCUT2D eigenvalue weighted by Crippen LogP contribution is -2.21. The fraction of sp³-hybridized carbons (Fsp3) is 0.500. The predicted octanol–water partition coefficient (Wildman–Crippen LogP) is 1.44. The number of rotatable bonds is 4. The number of hydrogen-bond donors (Lipinski definition) is 2.